The number of nitrogens with one attached hydrogen (secondary N) is 1. The number of amides is 2. The van der Waals surface area contributed by atoms with Crippen LogP contribution in [0.4, 0.5) is 0 Å². The Bertz CT molecular complexity index is 763. The van der Waals surface area contributed by atoms with Gasteiger partial charge in [0.1, 0.15) is 6.61 Å². The maximum atomic E-state index is 13.0. The van der Waals surface area contributed by atoms with Gasteiger partial charge in [0.25, 0.3) is 0 Å². The predicted molar refractivity (Wildman–Crippen MR) is 129 cm³/mol. The molecule has 0 saturated carbocycles. The molecule has 0 radical (unpaired) electrons. The minimum absolute atomic E-state index is 0.00533. The fourth-order valence-corrected chi connectivity index (χ4v) is 3.22. The Morgan fingerprint density at radius 2 is 1.85 bits per heavy atom. The molecule has 0 aliphatic carbocycles. The van der Waals surface area contributed by atoms with Gasteiger partial charge in [-0.05, 0) is 24.3 Å². The van der Waals surface area contributed by atoms with E-state index in [-0.39, 0.29) is 62.3 Å². The molecule has 1 rings (SSSR count). The number of nitrogens with zero attached hydrogens (tertiary/aromatic N) is 1. The first-order valence-electron chi connectivity index (χ1n) is 11.4. The van der Waals surface area contributed by atoms with Crippen LogP contribution in [0.5, 0.6) is 0 Å². The molecule has 1 aromatic rings. The van der Waals surface area contributed by atoms with Crippen LogP contribution in [-0.2, 0) is 25.7 Å². The first-order chi connectivity index (χ1) is 15.8. The molecule has 7 nitrogen and oxygen atoms in total. The SMILES string of the molecule is C=CCCC(=O)OC[C@@H](NC(=O)[C@H](CC=C)CC(=O)N(CCO)Cc1ccccc1)C(C)C. The number of carbonyl (C=O) groups is 3. The molecule has 2 atom stereocenters. The average Bonchev–Trinajstić information content (AvgIpc) is 2.80. The monoisotopic (exact) mass is 458 g/mol. The van der Waals surface area contributed by atoms with Gasteiger partial charge < -0.3 is 20.1 Å². The molecule has 33 heavy (non-hydrogen) atoms. The van der Waals surface area contributed by atoms with Gasteiger partial charge in [-0.1, -0.05) is 56.3 Å². The maximum absolute atomic E-state index is 13.0. The number of hydrogen-bond acceptors (Lipinski definition) is 5. The maximum Gasteiger partial charge on any atom is 0.306 e. The van der Waals surface area contributed by atoms with E-state index in [1.165, 1.54) is 0 Å². The van der Waals surface area contributed by atoms with E-state index < -0.39 is 5.92 Å². The van der Waals surface area contributed by atoms with Crippen LogP contribution in [0.1, 0.15) is 45.1 Å². The second-order valence-electron chi connectivity index (χ2n) is 8.32. The molecule has 1 aromatic carbocycles. The zero-order valence-electron chi connectivity index (χ0n) is 19.9. The Morgan fingerprint density at radius 1 is 1.15 bits per heavy atom. The number of carbonyl (C=O) groups excluding carboxylic acids is 3. The van der Waals surface area contributed by atoms with Gasteiger partial charge in [0, 0.05) is 25.9 Å². The van der Waals surface area contributed by atoms with E-state index in [9.17, 15) is 19.5 Å². The third-order valence-corrected chi connectivity index (χ3v) is 5.29. The van der Waals surface area contributed by atoms with Crippen molar-refractivity contribution >= 4 is 17.8 Å². The summed E-state index contributed by atoms with van der Waals surface area (Å²) < 4.78 is 5.30. The van der Waals surface area contributed by atoms with Crippen LogP contribution in [-0.4, -0.2) is 53.6 Å². The molecule has 0 aliphatic heterocycles. The summed E-state index contributed by atoms with van der Waals surface area (Å²) in [5, 5.41) is 12.3. The molecule has 0 heterocycles. The third kappa shape index (κ3) is 11.0. The fourth-order valence-electron chi connectivity index (χ4n) is 3.22. The van der Waals surface area contributed by atoms with Crippen LogP contribution in [0.15, 0.2) is 55.6 Å². The number of aliphatic hydroxyl groups excluding tert-OH is 1. The van der Waals surface area contributed by atoms with Gasteiger partial charge in [-0.2, -0.15) is 0 Å². The largest absolute Gasteiger partial charge is 0.463 e. The van der Waals surface area contributed by atoms with Crippen molar-refractivity contribution in [3.63, 3.8) is 0 Å². The lowest BCUT2D eigenvalue weighted by Gasteiger charge is -2.27. The average molecular weight is 459 g/mol. The molecular formula is C26H38N2O5. The summed E-state index contributed by atoms with van der Waals surface area (Å²) in [5.41, 5.74) is 0.946. The summed E-state index contributed by atoms with van der Waals surface area (Å²) in [5.74, 6) is -1.41. The van der Waals surface area contributed by atoms with Crippen LogP contribution < -0.4 is 5.32 Å². The van der Waals surface area contributed by atoms with Gasteiger partial charge >= 0.3 is 5.97 Å². The topological polar surface area (TPSA) is 95.9 Å². The van der Waals surface area contributed by atoms with Crippen molar-refractivity contribution in [3.8, 4) is 0 Å². The van der Waals surface area contributed by atoms with E-state index in [0.717, 1.165) is 5.56 Å². The number of ether oxygens (including phenoxy) is 1. The summed E-state index contributed by atoms with van der Waals surface area (Å²) in [6, 6.07) is 9.13. The van der Waals surface area contributed by atoms with E-state index in [1.54, 1.807) is 17.1 Å². The van der Waals surface area contributed by atoms with E-state index in [4.69, 9.17) is 4.74 Å². The van der Waals surface area contributed by atoms with Crippen molar-refractivity contribution in [2.75, 3.05) is 19.8 Å². The zero-order chi connectivity index (χ0) is 24.6. The quantitative estimate of drug-likeness (QED) is 0.293. The standard InChI is InChI=1S/C26H38N2O5/c1-5-7-14-25(31)33-19-23(20(3)4)27-26(32)22(11-6-2)17-24(30)28(15-16-29)18-21-12-9-8-10-13-21/h5-6,8-10,12-13,20,22-23,29H,1-2,7,11,14-19H2,3-4H3,(H,27,32)/t22-,23-/m1/s1. The molecule has 0 saturated heterocycles. The highest BCUT2D eigenvalue weighted by atomic mass is 16.5. The molecule has 0 aromatic heterocycles. The second-order valence-corrected chi connectivity index (χ2v) is 8.32. The number of esters is 1. The predicted octanol–water partition coefficient (Wildman–Crippen LogP) is 3.24. The molecule has 182 valence electrons. The Kier molecular flexibility index (Phi) is 13.5. The highest BCUT2D eigenvalue weighted by Crippen LogP contribution is 2.16. The summed E-state index contributed by atoms with van der Waals surface area (Å²) >= 11 is 0. The molecule has 0 fully saturated rings. The molecule has 0 unspecified atom stereocenters. The highest BCUT2D eigenvalue weighted by molar-refractivity contribution is 5.86. The molecule has 2 amide bonds. The fraction of sp³-hybridized carbons (Fsp3) is 0.500. The second kappa shape index (κ2) is 15.8. The highest BCUT2D eigenvalue weighted by Gasteiger charge is 2.27. The van der Waals surface area contributed by atoms with Gasteiger partial charge in [0.2, 0.25) is 11.8 Å². The number of rotatable bonds is 16. The Hall–Kier alpha value is -2.93. The first-order valence-corrected chi connectivity index (χ1v) is 11.4. The van der Waals surface area contributed by atoms with E-state index >= 15 is 0 Å². The van der Waals surface area contributed by atoms with Gasteiger partial charge in [0.15, 0.2) is 0 Å². The summed E-state index contributed by atoms with van der Waals surface area (Å²) in [4.78, 5) is 39.4. The summed E-state index contributed by atoms with van der Waals surface area (Å²) in [7, 11) is 0. The summed E-state index contributed by atoms with van der Waals surface area (Å²) in [6.07, 6.45) is 4.38. The van der Waals surface area contributed by atoms with E-state index in [0.29, 0.717) is 19.4 Å². The molecule has 7 heteroatoms. The Balaban J connectivity index is 2.79. The molecule has 2 N–H and O–H groups in total. The summed E-state index contributed by atoms with van der Waals surface area (Å²) in [6.45, 7) is 11.6. The van der Waals surface area contributed by atoms with E-state index in [2.05, 4.69) is 18.5 Å². The zero-order valence-corrected chi connectivity index (χ0v) is 19.9. The van der Waals surface area contributed by atoms with Crippen molar-refractivity contribution in [1.82, 2.24) is 10.2 Å². The molecule has 0 aliphatic rings. The third-order valence-electron chi connectivity index (χ3n) is 5.29. The normalized spacial score (nSPS) is 12.5. The van der Waals surface area contributed by atoms with E-state index in [1.807, 2.05) is 44.2 Å². The number of allylic oxidation sites excluding steroid dienone is 2. The minimum atomic E-state index is -0.607. The van der Waals surface area contributed by atoms with Gasteiger partial charge in [-0.3, -0.25) is 14.4 Å². The Labute approximate surface area is 197 Å². The first kappa shape index (κ1) is 28.1. The smallest absolute Gasteiger partial charge is 0.306 e. The van der Waals surface area contributed by atoms with Crippen molar-refractivity contribution < 1.29 is 24.2 Å². The van der Waals surface area contributed by atoms with Crippen LogP contribution >= 0.6 is 0 Å². The number of benzene rings is 1. The lowest BCUT2D eigenvalue weighted by Crippen LogP contribution is -2.46. The molecule has 0 bridgehead atoms. The minimum Gasteiger partial charge on any atom is -0.463 e. The van der Waals surface area contributed by atoms with Crippen molar-refractivity contribution in [2.24, 2.45) is 11.8 Å². The lowest BCUT2D eigenvalue weighted by atomic mass is 9.97. The van der Waals surface area contributed by atoms with Crippen LogP contribution in [0, 0.1) is 11.8 Å². The van der Waals surface area contributed by atoms with Crippen molar-refractivity contribution in [1.29, 1.82) is 0 Å². The van der Waals surface area contributed by atoms with Crippen LogP contribution in [0.25, 0.3) is 0 Å². The van der Waals surface area contributed by atoms with Crippen molar-refractivity contribution in [3.05, 3.63) is 61.2 Å². The van der Waals surface area contributed by atoms with Gasteiger partial charge in [-0.25, -0.2) is 0 Å². The molecule has 0 spiro atoms. The Morgan fingerprint density at radius 3 is 2.42 bits per heavy atom. The van der Waals surface area contributed by atoms with Gasteiger partial charge in [0.05, 0.1) is 18.6 Å². The van der Waals surface area contributed by atoms with Crippen LogP contribution in [0.3, 0.4) is 0 Å². The van der Waals surface area contributed by atoms with Gasteiger partial charge in [-0.15, -0.1) is 13.2 Å². The van der Waals surface area contributed by atoms with Crippen molar-refractivity contribution in [2.45, 2.75) is 52.1 Å². The van der Waals surface area contributed by atoms with Crippen LogP contribution in [0.2, 0.25) is 0 Å². The molecular weight excluding hydrogens is 420 g/mol. The lowest BCUT2D eigenvalue weighted by molar-refractivity contribution is -0.145. The number of hydrogen-bond donors (Lipinski definition) is 2. The number of aliphatic hydroxyl groups is 1.